The Labute approximate surface area is 135 Å². The van der Waals surface area contributed by atoms with Crippen LogP contribution in [0.3, 0.4) is 0 Å². The maximum Gasteiger partial charge on any atom is 0.133 e. The quantitative estimate of drug-likeness (QED) is 0.616. The first-order valence-corrected chi connectivity index (χ1v) is 8.19. The van der Waals surface area contributed by atoms with Gasteiger partial charge >= 0.3 is 0 Å². The van der Waals surface area contributed by atoms with Crippen LogP contribution in [0.1, 0.15) is 17.0 Å². The van der Waals surface area contributed by atoms with Crippen molar-refractivity contribution in [3.63, 3.8) is 0 Å². The van der Waals surface area contributed by atoms with Crippen LogP contribution < -0.4 is 4.74 Å². The van der Waals surface area contributed by atoms with Gasteiger partial charge in [-0.05, 0) is 63.7 Å². The smallest absolute Gasteiger partial charge is 0.133 e. The molecule has 20 heavy (non-hydrogen) atoms. The third kappa shape index (κ3) is 3.83. The van der Waals surface area contributed by atoms with Crippen molar-refractivity contribution < 1.29 is 9.13 Å². The molecule has 0 aliphatic rings. The zero-order valence-corrected chi connectivity index (χ0v) is 14.2. The fraction of sp³-hybridized carbons (Fsp3) is 0.250. The van der Waals surface area contributed by atoms with Gasteiger partial charge in [0, 0.05) is 5.33 Å². The molecule has 106 valence electrons. The topological polar surface area (TPSA) is 9.23 Å². The molecule has 2 aromatic rings. The summed E-state index contributed by atoms with van der Waals surface area (Å²) >= 11 is 7.04. The van der Waals surface area contributed by atoms with E-state index in [9.17, 15) is 4.39 Å². The highest BCUT2D eigenvalue weighted by Crippen LogP contribution is 2.29. The molecular weight excluding hydrogens is 387 g/mol. The summed E-state index contributed by atoms with van der Waals surface area (Å²) in [4.78, 5) is 0. The van der Waals surface area contributed by atoms with Crippen molar-refractivity contribution in [1.29, 1.82) is 0 Å². The second kappa shape index (κ2) is 7.23. The van der Waals surface area contributed by atoms with Crippen LogP contribution in [0, 0.1) is 5.82 Å². The van der Waals surface area contributed by atoms with E-state index in [0.717, 1.165) is 27.5 Å². The predicted octanol–water partition coefficient (Wildman–Crippen LogP) is 5.32. The lowest BCUT2D eigenvalue weighted by atomic mass is 9.94. The van der Waals surface area contributed by atoms with Crippen molar-refractivity contribution in [3.05, 3.63) is 63.9 Å². The van der Waals surface area contributed by atoms with Gasteiger partial charge in [-0.15, -0.1) is 0 Å². The second-order valence-corrected chi connectivity index (χ2v) is 6.08. The first-order chi connectivity index (χ1) is 9.63. The van der Waals surface area contributed by atoms with E-state index in [4.69, 9.17) is 4.74 Å². The predicted molar refractivity (Wildman–Crippen MR) is 87.3 cm³/mol. The lowest BCUT2D eigenvalue weighted by Gasteiger charge is -2.15. The molecule has 0 fully saturated rings. The number of methoxy groups -OCH3 is 1. The molecule has 0 saturated carbocycles. The highest BCUT2D eigenvalue weighted by molar-refractivity contribution is 9.10. The molecule has 2 aromatic carbocycles. The molecule has 0 aromatic heterocycles. The molecule has 0 aliphatic carbocycles. The van der Waals surface area contributed by atoms with Crippen molar-refractivity contribution in [2.75, 3.05) is 12.4 Å². The van der Waals surface area contributed by atoms with Crippen LogP contribution in [0.2, 0.25) is 0 Å². The normalized spacial score (nSPS) is 12.2. The second-order valence-electron chi connectivity index (χ2n) is 4.58. The van der Waals surface area contributed by atoms with Gasteiger partial charge in [0.2, 0.25) is 0 Å². The fourth-order valence-corrected chi connectivity index (χ4v) is 3.31. The van der Waals surface area contributed by atoms with Crippen LogP contribution in [-0.4, -0.2) is 12.4 Å². The standard InChI is InChI=1S/C16H15Br2FO/c1-20-16-7-2-11(9-15(16)18)8-13(10-17)12-3-5-14(19)6-4-12/h2-7,9,13H,8,10H2,1H3. The average molecular weight is 402 g/mol. The molecule has 2 rings (SSSR count). The molecule has 0 saturated heterocycles. The molecule has 1 nitrogen and oxygen atoms in total. The minimum Gasteiger partial charge on any atom is -0.496 e. The Balaban J connectivity index is 2.17. The van der Waals surface area contributed by atoms with Crippen molar-refractivity contribution in [2.45, 2.75) is 12.3 Å². The Morgan fingerprint density at radius 3 is 2.40 bits per heavy atom. The van der Waals surface area contributed by atoms with E-state index in [1.807, 2.05) is 18.2 Å². The van der Waals surface area contributed by atoms with Gasteiger partial charge in [0.05, 0.1) is 11.6 Å². The number of hydrogen-bond donors (Lipinski definition) is 0. The Kier molecular flexibility index (Phi) is 5.61. The van der Waals surface area contributed by atoms with Gasteiger partial charge in [0.15, 0.2) is 0 Å². The molecule has 0 aliphatic heterocycles. The minimum absolute atomic E-state index is 0.200. The number of rotatable bonds is 5. The molecule has 1 atom stereocenters. The molecule has 1 unspecified atom stereocenters. The average Bonchev–Trinajstić information content (AvgIpc) is 2.46. The maximum absolute atomic E-state index is 13.0. The Hall–Kier alpha value is -0.870. The van der Waals surface area contributed by atoms with Crippen molar-refractivity contribution >= 4 is 31.9 Å². The van der Waals surface area contributed by atoms with Crippen LogP contribution in [-0.2, 0) is 6.42 Å². The summed E-state index contributed by atoms with van der Waals surface area (Å²) in [6, 6.07) is 12.8. The van der Waals surface area contributed by atoms with Crippen LogP contribution in [0.25, 0.3) is 0 Å². The van der Waals surface area contributed by atoms with Gasteiger partial charge < -0.3 is 4.74 Å². The summed E-state index contributed by atoms with van der Waals surface area (Å²) in [6.07, 6.45) is 0.888. The molecule has 0 radical (unpaired) electrons. The van der Waals surface area contributed by atoms with Gasteiger partial charge in [-0.25, -0.2) is 4.39 Å². The fourth-order valence-electron chi connectivity index (χ4n) is 2.12. The summed E-state index contributed by atoms with van der Waals surface area (Å²) in [5.41, 5.74) is 2.35. The third-order valence-corrected chi connectivity index (χ3v) is 4.63. The monoisotopic (exact) mass is 400 g/mol. The first-order valence-electron chi connectivity index (χ1n) is 6.28. The highest BCUT2D eigenvalue weighted by atomic mass is 79.9. The van der Waals surface area contributed by atoms with Crippen LogP contribution >= 0.6 is 31.9 Å². The van der Waals surface area contributed by atoms with Crippen molar-refractivity contribution in [2.24, 2.45) is 0 Å². The summed E-state index contributed by atoms with van der Waals surface area (Å²) in [6.45, 7) is 0. The third-order valence-electron chi connectivity index (χ3n) is 3.23. The molecule has 0 bridgehead atoms. The van der Waals surface area contributed by atoms with Gasteiger partial charge in [-0.3, -0.25) is 0 Å². The number of alkyl halides is 1. The molecule has 0 amide bonds. The number of hydrogen-bond acceptors (Lipinski definition) is 1. The molecular formula is C16H15Br2FO. The zero-order chi connectivity index (χ0) is 14.5. The van der Waals surface area contributed by atoms with Crippen LogP contribution in [0.15, 0.2) is 46.9 Å². The molecule has 0 heterocycles. The zero-order valence-electron chi connectivity index (χ0n) is 11.1. The van der Waals surface area contributed by atoms with E-state index < -0.39 is 0 Å². The number of halogens is 3. The van der Waals surface area contributed by atoms with E-state index in [0.29, 0.717) is 5.92 Å². The highest BCUT2D eigenvalue weighted by Gasteiger charge is 2.12. The van der Waals surface area contributed by atoms with Gasteiger partial charge in [-0.2, -0.15) is 0 Å². The lowest BCUT2D eigenvalue weighted by Crippen LogP contribution is -2.04. The Morgan fingerprint density at radius 1 is 1.15 bits per heavy atom. The first kappa shape index (κ1) is 15.5. The van der Waals surface area contributed by atoms with E-state index in [-0.39, 0.29) is 5.82 Å². The van der Waals surface area contributed by atoms with Gasteiger partial charge in [0.1, 0.15) is 11.6 Å². The number of benzene rings is 2. The van der Waals surface area contributed by atoms with Gasteiger partial charge in [0.25, 0.3) is 0 Å². The summed E-state index contributed by atoms with van der Waals surface area (Å²) in [7, 11) is 1.65. The summed E-state index contributed by atoms with van der Waals surface area (Å²) in [5, 5.41) is 0.836. The summed E-state index contributed by atoms with van der Waals surface area (Å²) < 4.78 is 19.2. The molecule has 0 spiro atoms. The lowest BCUT2D eigenvalue weighted by molar-refractivity contribution is 0.412. The van der Waals surface area contributed by atoms with E-state index >= 15 is 0 Å². The van der Waals surface area contributed by atoms with E-state index in [1.54, 1.807) is 7.11 Å². The molecule has 4 heteroatoms. The largest absolute Gasteiger partial charge is 0.496 e. The Bertz CT molecular complexity index is 569. The minimum atomic E-state index is -0.200. The molecule has 0 N–H and O–H groups in total. The van der Waals surface area contributed by atoms with E-state index in [2.05, 4.69) is 44.0 Å². The van der Waals surface area contributed by atoms with Gasteiger partial charge in [-0.1, -0.05) is 34.1 Å². The van der Waals surface area contributed by atoms with Crippen molar-refractivity contribution in [1.82, 2.24) is 0 Å². The SMILES string of the molecule is COc1ccc(CC(CBr)c2ccc(F)cc2)cc1Br. The number of ether oxygens (including phenoxy) is 1. The van der Waals surface area contributed by atoms with E-state index in [1.165, 1.54) is 17.7 Å². The van der Waals surface area contributed by atoms with Crippen LogP contribution in [0.4, 0.5) is 4.39 Å². The summed E-state index contributed by atoms with van der Waals surface area (Å²) in [5.74, 6) is 0.941. The van der Waals surface area contributed by atoms with Crippen LogP contribution in [0.5, 0.6) is 5.75 Å². The Morgan fingerprint density at radius 2 is 1.85 bits per heavy atom. The maximum atomic E-state index is 13.0. The van der Waals surface area contributed by atoms with Crippen molar-refractivity contribution in [3.8, 4) is 5.75 Å².